The van der Waals surface area contributed by atoms with Crippen molar-refractivity contribution in [1.29, 1.82) is 0 Å². The van der Waals surface area contributed by atoms with Crippen LogP contribution in [-0.4, -0.2) is 11.6 Å². The van der Waals surface area contributed by atoms with Gasteiger partial charge in [0.2, 0.25) is 0 Å². The lowest BCUT2D eigenvalue weighted by atomic mass is 10.1. The standard InChI is InChI=1S/C14H15ClN2O/c1-2-7-18-13-6-4-3-5-11(13)12-8-10(15)9-17-14(12)16/h3-6,8-9H,2,7H2,1H3,(H2,16,17). The second kappa shape index (κ2) is 5.74. The predicted molar refractivity (Wildman–Crippen MR) is 74.9 cm³/mol. The van der Waals surface area contributed by atoms with E-state index >= 15 is 0 Å². The molecule has 0 saturated heterocycles. The molecule has 94 valence electrons. The topological polar surface area (TPSA) is 48.1 Å². The van der Waals surface area contributed by atoms with Gasteiger partial charge in [-0.1, -0.05) is 36.7 Å². The van der Waals surface area contributed by atoms with Crippen molar-refractivity contribution in [2.24, 2.45) is 0 Å². The summed E-state index contributed by atoms with van der Waals surface area (Å²) >= 11 is 5.96. The Labute approximate surface area is 112 Å². The van der Waals surface area contributed by atoms with E-state index in [-0.39, 0.29) is 0 Å². The molecule has 2 N–H and O–H groups in total. The van der Waals surface area contributed by atoms with Gasteiger partial charge in [0.05, 0.1) is 11.6 Å². The van der Waals surface area contributed by atoms with Gasteiger partial charge in [0.15, 0.2) is 0 Å². The summed E-state index contributed by atoms with van der Waals surface area (Å²) in [6.45, 7) is 2.74. The maximum absolute atomic E-state index is 5.96. The number of pyridine rings is 1. The zero-order chi connectivity index (χ0) is 13.0. The zero-order valence-corrected chi connectivity index (χ0v) is 10.9. The van der Waals surface area contributed by atoms with Gasteiger partial charge in [-0.25, -0.2) is 4.98 Å². The average molecular weight is 263 g/mol. The van der Waals surface area contributed by atoms with Gasteiger partial charge < -0.3 is 10.5 Å². The first-order chi connectivity index (χ1) is 8.72. The van der Waals surface area contributed by atoms with E-state index in [1.807, 2.05) is 24.3 Å². The number of halogens is 1. The number of hydrogen-bond acceptors (Lipinski definition) is 3. The molecule has 1 aromatic carbocycles. The fourth-order valence-electron chi connectivity index (χ4n) is 1.69. The van der Waals surface area contributed by atoms with Crippen LogP contribution in [0.25, 0.3) is 11.1 Å². The summed E-state index contributed by atoms with van der Waals surface area (Å²) in [6, 6.07) is 9.55. The van der Waals surface area contributed by atoms with E-state index in [1.54, 1.807) is 6.07 Å². The fourth-order valence-corrected chi connectivity index (χ4v) is 1.85. The highest BCUT2D eigenvalue weighted by Gasteiger charge is 2.10. The van der Waals surface area contributed by atoms with Crippen molar-refractivity contribution in [1.82, 2.24) is 4.98 Å². The summed E-state index contributed by atoms with van der Waals surface area (Å²) < 4.78 is 5.71. The van der Waals surface area contributed by atoms with Crippen LogP contribution in [0.3, 0.4) is 0 Å². The largest absolute Gasteiger partial charge is 0.493 e. The lowest BCUT2D eigenvalue weighted by Gasteiger charge is -2.12. The molecule has 2 rings (SSSR count). The summed E-state index contributed by atoms with van der Waals surface area (Å²) in [5, 5.41) is 0.560. The van der Waals surface area contributed by atoms with Crippen LogP contribution in [0.1, 0.15) is 13.3 Å². The number of rotatable bonds is 4. The Bertz CT molecular complexity index is 543. The second-order valence-electron chi connectivity index (χ2n) is 3.93. The van der Waals surface area contributed by atoms with Crippen LogP contribution >= 0.6 is 11.6 Å². The Balaban J connectivity index is 2.46. The third-order valence-electron chi connectivity index (χ3n) is 2.52. The number of anilines is 1. The van der Waals surface area contributed by atoms with Crippen LogP contribution in [0.5, 0.6) is 5.75 Å². The molecule has 0 amide bonds. The Morgan fingerprint density at radius 2 is 2.06 bits per heavy atom. The normalized spacial score (nSPS) is 10.3. The lowest BCUT2D eigenvalue weighted by Crippen LogP contribution is -1.99. The molecular weight excluding hydrogens is 248 g/mol. The molecule has 0 saturated carbocycles. The maximum Gasteiger partial charge on any atom is 0.131 e. The molecule has 0 bridgehead atoms. The van der Waals surface area contributed by atoms with Crippen molar-refractivity contribution in [2.45, 2.75) is 13.3 Å². The minimum atomic E-state index is 0.451. The summed E-state index contributed by atoms with van der Waals surface area (Å²) in [5.41, 5.74) is 7.61. The highest BCUT2D eigenvalue weighted by Crippen LogP contribution is 2.34. The van der Waals surface area contributed by atoms with E-state index < -0.39 is 0 Å². The van der Waals surface area contributed by atoms with Crippen LogP contribution in [0.4, 0.5) is 5.82 Å². The molecule has 0 spiro atoms. The molecule has 0 radical (unpaired) electrons. The van der Waals surface area contributed by atoms with E-state index in [2.05, 4.69) is 11.9 Å². The first-order valence-corrected chi connectivity index (χ1v) is 6.23. The highest BCUT2D eigenvalue weighted by atomic mass is 35.5. The Hall–Kier alpha value is -1.74. The number of ether oxygens (including phenoxy) is 1. The van der Waals surface area contributed by atoms with Gasteiger partial charge in [0, 0.05) is 17.3 Å². The van der Waals surface area contributed by atoms with Gasteiger partial charge >= 0.3 is 0 Å². The summed E-state index contributed by atoms with van der Waals surface area (Å²) in [4.78, 5) is 4.07. The smallest absolute Gasteiger partial charge is 0.131 e. The minimum absolute atomic E-state index is 0.451. The van der Waals surface area contributed by atoms with E-state index in [0.29, 0.717) is 17.4 Å². The zero-order valence-electron chi connectivity index (χ0n) is 10.2. The monoisotopic (exact) mass is 262 g/mol. The molecular formula is C14H15ClN2O. The van der Waals surface area contributed by atoms with Gasteiger partial charge in [-0.2, -0.15) is 0 Å². The summed E-state index contributed by atoms with van der Waals surface area (Å²) in [6.07, 6.45) is 2.49. The van der Waals surface area contributed by atoms with Crippen LogP contribution in [-0.2, 0) is 0 Å². The van der Waals surface area contributed by atoms with E-state index in [1.165, 1.54) is 6.20 Å². The Morgan fingerprint density at radius 3 is 2.83 bits per heavy atom. The van der Waals surface area contributed by atoms with Crippen molar-refractivity contribution in [3.63, 3.8) is 0 Å². The SMILES string of the molecule is CCCOc1ccccc1-c1cc(Cl)cnc1N. The number of nitrogens with zero attached hydrogens (tertiary/aromatic N) is 1. The molecule has 0 aliphatic carbocycles. The van der Waals surface area contributed by atoms with Crippen LogP contribution in [0.15, 0.2) is 36.5 Å². The summed E-state index contributed by atoms with van der Waals surface area (Å²) in [7, 11) is 0. The first-order valence-electron chi connectivity index (χ1n) is 5.85. The molecule has 2 aromatic rings. The third-order valence-corrected chi connectivity index (χ3v) is 2.73. The van der Waals surface area contributed by atoms with Gasteiger partial charge in [0.25, 0.3) is 0 Å². The van der Waals surface area contributed by atoms with Crippen LogP contribution in [0, 0.1) is 0 Å². The molecule has 0 aliphatic rings. The fraction of sp³-hybridized carbons (Fsp3) is 0.214. The van der Waals surface area contributed by atoms with Crippen molar-refractivity contribution < 1.29 is 4.74 Å². The van der Waals surface area contributed by atoms with Crippen molar-refractivity contribution in [3.8, 4) is 16.9 Å². The minimum Gasteiger partial charge on any atom is -0.493 e. The predicted octanol–water partition coefficient (Wildman–Crippen LogP) is 3.77. The van der Waals surface area contributed by atoms with Gasteiger partial charge in [-0.05, 0) is 18.6 Å². The molecule has 3 nitrogen and oxygen atoms in total. The number of nitrogen functional groups attached to an aromatic ring is 1. The highest BCUT2D eigenvalue weighted by molar-refractivity contribution is 6.30. The molecule has 18 heavy (non-hydrogen) atoms. The molecule has 0 fully saturated rings. The number of hydrogen-bond donors (Lipinski definition) is 1. The first kappa shape index (κ1) is 12.7. The maximum atomic E-state index is 5.96. The number of benzene rings is 1. The Kier molecular flexibility index (Phi) is 4.05. The number of para-hydroxylation sites is 1. The van der Waals surface area contributed by atoms with Crippen molar-refractivity contribution in [3.05, 3.63) is 41.6 Å². The summed E-state index contributed by atoms with van der Waals surface area (Å²) in [5.74, 6) is 1.25. The van der Waals surface area contributed by atoms with Gasteiger partial charge in [-0.3, -0.25) is 0 Å². The van der Waals surface area contributed by atoms with E-state index in [9.17, 15) is 0 Å². The van der Waals surface area contributed by atoms with Crippen LogP contribution in [0.2, 0.25) is 5.02 Å². The molecule has 0 aliphatic heterocycles. The quantitative estimate of drug-likeness (QED) is 0.912. The number of aromatic nitrogens is 1. The third kappa shape index (κ3) is 2.74. The second-order valence-corrected chi connectivity index (χ2v) is 4.37. The molecule has 0 atom stereocenters. The van der Waals surface area contributed by atoms with E-state index in [4.69, 9.17) is 22.1 Å². The lowest BCUT2D eigenvalue weighted by molar-refractivity contribution is 0.318. The van der Waals surface area contributed by atoms with Crippen molar-refractivity contribution >= 4 is 17.4 Å². The van der Waals surface area contributed by atoms with Crippen LogP contribution < -0.4 is 10.5 Å². The van der Waals surface area contributed by atoms with Gasteiger partial charge in [-0.15, -0.1) is 0 Å². The number of nitrogens with two attached hydrogens (primary N) is 1. The molecule has 1 heterocycles. The van der Waals surface area contributed by atoms with E-state index in [0.717, 1.165) is 23.3 Å². The van der Waals surface area contributed by atoms with Gasteiger partial charge in [0.1, 0.15) is 11.6 Å². The average Bonchev–Trinajstić information content (AvgIpc) is 2.39. The Morgan fingerprint density at radius 1 is 1.28 bits per heavy atom. The molecule has 4 heteroatoms. The molecule has 0 unspecified atom stereocenters. The molecule has 1 aromatic heterocycles. The van der Waals surface area contributed by atoms with Crippen molar-refractivity contribution in [2.75, 3.05) is 12.3 Å².